The number of nitrogens with one attached hydrogen (secondary N) is 2. The number of carbonyl (C=O) groups excluding carboxylic acids is 1. The van der Waals surface area contributed by atoms with E-state index in [9.17, 15) is 4.79 Å². The monoisotopic (exact) mass is 272 g/mol. The summed E-state index contributed by atoms with van der Waals surface area (Å²) < 4.78 is 10.5. The summed E-state index contributed by atoms with van der Waals surface area (Å²) in [5.74, 6) is 0.670. The van der Waals surface area contributed by atoms with E-state index >= 15 is 0 Å². The van der Waals surface area contributed by atoms with Crippen molar-refractivity contribution >= 4 is 5.91 Å². The maximum Gasteiger partial charge on any atom is 0.248 e. The quantitative estimate of drug-likeness (QED) is 0.613. The van der Waals surface area contributed by atoms with Crippen LogP contribution in [0, 0.1) is 5.92 Å². The third-order valence-electron chi connectivity index (χ3n) is 3.49. The van der Waals surface area contributed by atoms with Gasteiger partial charge in [0, 0.05) is 26.9 Å². The van der Waals surface area contributed by atoms with Crippen molar-refractivity contribution in [2.45, 2.75) is 38.7 Å². The van der Waals surface area contributed by atoms with Crippen LogP contribution in [-0.2, 0) is 14.3 Å². The van der Waals surface area contributed by atoms with Crippen molar-refractivity contribution in [3.8, 4) is 0 Å². The molecule has 0 bridgehead atoms. The molecule has 112 valence electrons. The first kappa shape index (κ1) is 16.4. The molecule has 5 nitrogen and oxygen atoms in total. The van der Waals surface area contributed by atoms with Crippen LogP contribution in [0.5, 0.6) is 0 Å². The van der Waals surface area contributed by atoms with Crippen LogP contribution in [0.25, 0.3) is 0 Å². The number of ether oxygens (including phenoxy) is 2. The standard InChI is InChI=1S/C14H28N2O3/c1-12(14(17)16-8-4-9-18-2)19-10-6-13-5-3-7-15-11-13/h12-13,15H,3-11H2,1-2H3,(H,16,17). The Morgan fingerprint density at radius 1 is 1.47 bits per heavy atom. The number of piperidine rings is 1. The number of methoxy groups -OCH3 is 1. The average Bonchev–Trinajstić information content (AvgIpc) is 2.44. The van der Waals surface area contributed by atoms with Crippen LogP contribution < -0.4 is 10.6 Å². The van der Waals surface area contributed by atoms with E-state index in [0.29, 0.717) is 25.7 Å². The topological polar surface area (TPSA) is 59.6 Å². The fraction of sp³-hybridized carbons (Fsp3) is 0.929. The van der Waals surface area contributed by atoms with E-state index in [1.807, 2.05) is 6.92 Å². The zero-order valence-electron chi connectivity index (χ0n) is 12.2. The van der Waals surface area contributed by atoms with Gasteiger partial charge in [0.15, 0.2) is 0 Å². The predicted molar refractivity (Wildman–Crippen MR) is 75.1 cm³/mol. The molecule has 1 heterocycles. The van der Waals surface area contributed by atoms with Crippen LogP contribution in [0.4, 0.5) is 0 Å². The summed E-state index contributed by atoms with van der Waals surface area (Å²) in [6, 6.07) is 0. The van der Waals surface area contributed by atoms with E-state index in [4.69, 9.17) is 9.47 Å². The Hall–Kier alpha value is -0.650. The van der Waals surface area contributed by atoms with Crippen LogP contribution in [-0.4, -0.2) is 52.0 Å². The van der Waals surface area contributed by atoms with Gasteiger partial charge in [0.25, 0.3) is 0 Å². The largest absolute Gasteiger partial charge is 0.385 e. The Labute approximate surface area is 116 Å². The van der Waals surface area contributed by atoms with Gasteiger partial charge in [-0.15, -0.1) is 0 Å². The second kappa shape index (κ2) is 10.2. The molecule has 1 saturated heterocycles. The summed E-state index contributed by atoms with van der Waals surface area (Å²) in [6.07, 6.45) is 4.03. The van der Waals surface area contributed by atoms with Gasteiger partial charge in [0.2, 0.25) is 5.91 Å². The maximum atomic E-state index is 11.7. The van der Waals surface area contributed by atoms with Crippen molar-refractivity contribution in [1.29, 1.82) is 0 Å². The van der Waals surface area contributed by atoms with E-state index in [-0.39, 0.29) is 12.0 Å². The molecular weight excluding hydrogens is 244 g/mol. The molecule has 0 radical (unpaired) electrons. The minimum atomic E-state index is -0.362. The lowest BCUT2D eigenvalue weighted by Gasteiger charge is -2.23. The fourth-order valence-electron chi connectivity index (χ4n) is 2.23. The summed E-state index contributed by atoms with van der Waals surface area (Å²) in [5.41, 5.74) is 0. The zero-order valence-corrected chi connectivity index (χ0v) is 12.2. The first-order valence-corrected chi connectivity index (χ1v) is 7.33. The molecule has 5 heteroatoms. The summed E-state index contributed by atoms with van der Waals surface area (Å²) in [7, 11) is 1.66. The Morgan fingerprint density at radius 3 is 3.00 bits per heavy atom. The highest BCUT2D eigenvalue weighted by atomic mass is 16.5. The summed E-state index contributed by atoms with van der Waals surface area (Å²) in [6.45, 7) is 6.01. The number of rotatable bonds is 9. The van der Waals surface area contributed by atoms with Crippen LogP contribution in [0.2, 0.25) is 0 Å². The smallest absolute Gasteiger partial charge is 0.248 e. The highest BCUT2D eigenvalue weighted by Crippen LogP contribution is 2.14. The van der Waals surface area contributed by atoms with Crippen molar-refractivity contribution in [3.05, 3.63) is 0 Å². The Morgan fingerprint density at radius 2 is 2.32 bits per heavy atom. The molecule has 0 spiro atoms. The van der Waals surface area contributed by atoms with Gasteiger partial charge in [-0.25, -0.2) is 0 Å². The average molecular weight is 272 g/mol. The lowest BCUT2D eigenvalue weighted by molar-refractivity contribution is -0.132. The van der Waals surface area contributed by atoms with Gasteiger partial charge in [0.05, 0.1) is 0 Å². The molecular formula is C14H28N2O3. The van der Waals surface area contributed by atoms with E-state index in [1.54, 1.807) is 7.11 Å². The summed E-state index contributed by atoms with van der Waals surface area (Å²) in [4.78, 5) is 11.7. The first-order chi connectivity index (χ1) is 9.24. The predicted octanol–water partition coefficient (Wildman–Crippen LogP) is 0.934. The molecule has 2 atom stereocenters. The first-order valence-electron chi connectivity index (χ1n) is 7.33. The van der Waals surface area contributed by atoms with Crippen LogP contribution in [0.3, 0.4) is 0 Å². The van der Waals surface area contributed by atoms with Gasteiger partial charge in [0.1, 0.15) is 6.10 Å². The molecule has 0 aromatic carbocycles. The molecule has 0 saturated carbocycles. The molecule has 0 aromatic heterocycles. The Bertz CT molecular complexity index is 243. The van der Waals surface area contributed by atoms with Crippen LogP contribution in [0.1, 0.15) is 32.6 Å². The van der Waals surface area contributed by atoms with E-state index in [0.717, 1.165) is 25.9 Å². The van der Waals surface area contributed by atoms with Crippen molar-refractivity contribution in [3.63, 3.8) is 0 Å². The molecule has 1 rings (SSSR count). The lowest BCUT2D eigenvalue weighted by atomic mass is 9.97. The highest BCUT2D eigenvalue weighted by molar-refractivity contribution is 5.80. The minimum Gasteiger partial charge on any atom is -0.385 e. The molecule has 0 aromatic rings. The van der Waals surface area contributed by atoms with Crippen LogP contribution in [0.15, 0.2) is 0 Å². The number of hydrogen-bond donors (Lipinski definition) is 2. The second-order valence-electron chi connectivity index (χ2n) is 5.15. The number of hydrogen-bond acceptors (Lipinski definition) is 4. The van der Waals surface area contributed by atoms with Crippen molar-refractivity contribution in [2.24, 2.45) is 5.92 Å². The molecule has 1 aliphatic rings. The number of amides is 1. The molecule has 1 aliphatic heterocycles. The lowest BCUT2D eigenvalue weighted by Crippen LogP contribution is -2.36. The normalized spacial score (nSPS) is 21.1. The third kappa shape index (κ3) is 7.50. The highest BCUT2D eigenvalue weighted by Gasteiger charge is 2.15. The summed E-state index contributed by atoms with van der Waals surface area (Å²) >= 11 is 0. The van der Waals surface area contributed by atoms with E-state index in [2.05, 4.69) is 10.6 Å². The van der Waals surface area contributed by atoms with Gasteiger partial charge in [-0.05, 0) is 51.6 Å². The van der Waals surface area contributed by atoms with E-state index < -0.39 is 0 Å². The SMILES string of the molecule is COCCCNC(=O)C(C)OCCC1CCCNC1. The van der Waals surface area contributed by atoms with Crippen LogP contribution >= 0.6 is 0 Å². The van der Waals surface area contributed by atoms with Gasteiger partial charge >= 0.3 is 0 Å². The summed E-state index contributed by atoms with van der Waals surface area (Å²) in [5, 5.41) is 6.24. The Kier molecular flexibility index (Phi) is 8.79. The molecule has 19 heavy (non-hydrogen) atoms. The molecule has 0 aliphatic carbocycles. The van der Waals surface area contributed by atoms with Crippen molar-refractivity contribution in [2.75, 3.05) is 40.0 Å². The Balaban J connectivity index is 2.02. The molecule has 1 fully saturated rings. The van der Waals surface area contributed by atoms with Gasteiger partial charge in [-0.2, -0.15) is 0 Å². The third-order valence-corrected chi connectivity index (χ3v) is 3.49. The van der Waals surface area contributed by atoms with Gasteiger partial charge in [-0.3, -0.25) is 4.79 Å². The molecule has 2 N–H and O–H groups in total. The van der Waals surface area contributed by atoms with Crippen molar-refractivity contribution < 1.29 is 14.3 Å². The minimum absolute atomic E-state index is 0.0297. The van der Waals surface area contributed by atoms with Crippen molar-refractivity contribution in [1.82, 2.24) is 10.6 Å². The molecule has 1 amide bonds. The molecule has 2 unspecified atom stereocenters. The zero-order chi connectivity index (χ0) is 13.9. The van der Waals surface area contributed by atoms with E-state index in [1.165, 1.54) is 12.8 Å². The fourth-order valence-corrected chi connectivity index (χ4v) is 2.23. The van der Waals surface area contributed by atoms with Gasteiger partial charge < -0.3 is 20.1 Å². The van der Waals surface area contributed by atoms with Gasteiger partial charge in [-0.1, -0.05) is 0 Å². The maximum absolute atomic E-state index is 11.7. The second-order valence-corrected chi connectivity index (χ2v) is 5.15. The number of carbonyl (C=O) groups is 1.